The fraction of sp³-hybridized carbons (Fsp3) is 1.00. The van der Waals surface area contributed by atoms with Gasteiger partial charge in [-0.2, -0.15) is 0 Å². The Balaban J connectivity index is 1.89. The minimum atomic E-state index is 0.991. The number of hydrogen-bond donors (Lipinski definition) is 0. The summed E-state index contributed by atoms with van der Waals surface area (Å²) < 4.78 is 0. The van der Waals surface area contributed by atoms with Crippen LogP contribution in [0, 0.1) is 0 Å². The summed E-state index contributed by atoms with van der Waals surface area (Å²) in [5.74, 6) is 0. The van der Waals surface area contributed by atoms with Gasteiger partial charge in [0.05, 0.1) is 0 Å². The van der Waals surface area contributed by atoms with Gasteiger partial charge in [0.1, 0.15) is 0 Å². The summed E-state index contributed by atoms with van der Waals surface area (Å²) in [6.07, 6.45) is 8.90. The molecule has 11 heavy (non-hydrogen) atoms. The van der Waals surface area contributed by atoms with Crippen LogP contribution in [-0.2, 0) is 0 Å². The van der Waals surface area contributed by atoms with E-state index >= 15 is 0 Å². The predicted octanol–water partition coefficient (Wildman–Crippen LogP) is 4.12. The zero-order valence-corrected chi connectivity index (χ0v) is 9.07. The van der Waals surface area contributed by atoms with Crippen molar-refractivity contribution in [2.24, 2.45) is 0 Å². The topological polar surface area (TPSA) is 0 Å². The standard InChI is InChI=1S/C8H14S3/c1-2-4-6-8-7(5-3-1)9-11-10-8/h7-8H,1-6H2/t7-,8-/m1/s1. The Hall–Kier alpha value is 1.05. The van der Waals surface area contributed by atoms with Crippen molar-refractivity contribution in [1.29, 1.82) is 0 Å². The van der Waals surface area contributed by atoms with Gasteiger partial charge in [-0.25, -0.2) is 0 Å². The van der Waals surface area contributed by atoms with Gasteiger partial charge in [-0.05, 0) is 22.7 Å². The van der Waals surface area contributed by atoms with Gasteiger partial charge in [-0.3, -0.25) is 0 Å². The molecule has 3 heteroatoms. The summed E-state index contributed by atoms with van der Waals surface area (Å²) in [5, 5.41) is 1.98. The van der Waals surface area contributed by atoms with E-state index in [0.29, 0.717) is 0 Å². The van der Waals surface area contributed by atoms with Gasteiger partial charge in [0, 0.05) is 10.5 Å². The molecule has 0 radical (unpaired) electrons. The third-order valence-electron chi connectivity index (χ3n) is 2.47. The van der Waals surface area contributed by atoms with Crippen molar-refractivity contribution in [2.75, 3.05) is 0 Å². The van der Waals surface area contributed by atoms with Crippen molar-refractivity contribution in [1.82, 2.24) is 0 Å². The molecule has 1 heterocycles. The van der Waals surface area contributed by atoms with Crippen LogP contribution in [0.1, 0.15) is 38.5 Å². The second kappa shape index (κ2) is 4.33. The molecule has 2 rings (SSSR count). The SMILES string of the molecule is C1CCC[C@H]2SSS[C@@H]2CC1. The molecule has 0 spiro atoms. The summed E-state index contributed by atoms with van der Waals surface area (Å²) in [5.41, 5.74) is 0. The first-order valence-electron chi connectivity index (χ1n) is 4.45. The molecule has 0 N–H and O–H groups in total. The summed E-state index contributed by atoms with van der Waals surface area (Å²) in [6.45, 7) is 0. The number of hydrogen-bond acceptors (Lipinski definition) is 3. The average molecular weight is 206 g/mol. The van der Waals surface area contributed by atoms with E-state index in [1.165, 1.54) is 38.5 Å². The molecule has 1 aliphatic heterocycles. The van der Waals surface area contributed by atoms with E-state index in [1.807, 2.05) is 9.83 Å². The highest BCUT2D eigenvalue weighted by atomic mass is 33.5. The van der Waals surface area contributed by atoms with E-state index in [0.717, 1.165) is 10.5 Å². The fourth-order valence-corrected chi connectivity index (χ4v) is 8.16. The van der Waals surface area contributed by atoms with Crippen LogP contribution in [0.3, 0.4) is 0 Å². The second-order valence-electron chi connectivity index (χ2n) is 3.33. The van der Waals surface area contributed by atoms with Crippen molar-refractivity contribution in [2.45, 2.75) is 49.0 Å². The largest absolute Gasteiger partial charge is 0.0779 e. The summed E-state index contributed by atoms with van der Waals surface area (Å²) in [4.78, 5) is 0. The lowest BCUT2D eigenvalue weighted by atomic mass is 10.0. The molecule has 64 valence electrons. The lowest BCUT2D eigenvalue weighted by Crippen LogP contribution is -2.16. The predicted molar refractivity (Wildman–Crippen MR) is 58.1 cm³/mol. The van der Waals surface area contributed by atoms with Crippen LogP contribution in [0.15, 0.2) is 0 Å². The van der Waals surface area contributed by atoms with Crippen LogP contribution in [-0.4, -0.2) is 10.5 Å². The van der Waals surface area contributed by atoms with Crippen LogP contribution in [0.5, 0.6) is 0 Å². The minimum absolute atomic E-state index is 0.991. The normalized spacial score (nSPS) is 39.3. The van der Waals surface area contributed by atoms with Crippen LogP contribution in [0.4, 0.5) is 0 Å². The van der Waals surface area contributed by atoms with E-state index in [1.54, 1.807) is 0 Å². The molecule has 0 nitrogen and oxygen atoms in total. The van der Waals surface area contributed by atoms with Gasteiger partial charge in [0.25, 0.3) is 0 Å². The lowest BCUT2D eigenvalue weighted by Gasteiger charge is -2.19. The molecule has 0 bridgehead atoms. The third kappa shape index (κ3) is 2.25. The van der Waals surface area contributed by atoms with Crippen LogP contribution < -0.4 is 0 Å². The maximum atomic E-state index is 2.13. The maximum Gasteiger partial charge on any atom is 0.0287 e. The van der Waals surface area contributed by atoms with Gasteiger partial charge in [-0.15, -0.1) is 0 Å². The van der Waals surface area contributed by atoms with E-state index in [2.05, 4.69) is 21.6 Å². The summed E-state index contributed by atoms with van der Waals surface area (Å²) in [6, 6.07) is 0. The van der Waals surface area contributed by atoms with E-state index in [-0.39, 0.29) is 0 Å². The fourth-order valence-electron chi connectivity index (χ4n) is 1.76. The molecular weight excluding hydrogens is 192 g/mol. The first-order valence-corrected chi connectivity index (χ1v) is 8.06. The Labute approximate surface area is 80.5 Å². The van der Waals surface area contributed by atoms with Crippen molar-refractivity contribution >= 4 is 31.4 Å². The Morgan fingerprint density at radius 2 is 1.27 bits per heavy atom. The lowest BCUT2D eigenvalue weighted by molar-refractivity contribution is 0.524. The van der Waals surface area contributed by atoms with Crippen molar-refractivity contribution in [3.8, 4) is 0 Å². The highest BCUT2D eigenvalue weighted by Gasteiger charge is 2.29. The van der Waals surface area contributed by atoms with E-state index in [9.17, 15) is 0 Å². The molecule has 0 aromatic carbocycles. The first-order chi connectivity index (χ1) is 5.47. The minimum Gasteiger partial charge on any atom is -0.0779 e. The Kier molecular flexibility index (Phi) is 3.40. The van der Waals surface area contributed by atoms with Crippen molar-refractivity contribution < 1.29 is 0 Å². The van der Waals surface area contributed by atoms with Crippen molar-refractivity contribution in [3.63, 3.8) is 0 Å². The molecule has 1 saturated heterocycles. The second-order valence-corrected chi connectivity index (χ2v) is 7.85. The summed E-state index contributed by atoms with van der Waals surface area (Å²) >= 11 is 0. The number of rotatable bonds is 0. The third-order valence-corrected chi connectivity index (χ3v) is 7.79. The van der Waals surface area contributed by atoms with Crippen molar-refractivity contribution in [3.05, 3.63) is 0 Å². The highest BCUT2D eigenvalue weighted by molar-refractivity contribution is 9.11. The van der Waals surface area contributed by atoms with E-state index < -0.39 is 0 Å². The zero-order chi connectivity index (χ0) is 7.52. The average Bonchev–Trinajstić information content (AvgIpc) is 2.35. The monoisotopic (exact) mass is 206 g/mol. The van der Waals surface area contributed by atoms with Gasteiger partial charge in [-0.1, -0.05) is 47.3 Å². The zero-order valence-electron chi connectivity index (χ0n) is 6.62. The van der Waals surface area contributed by atoms with Crippen LogP contribution in [0.25, 0.3) is 0 Å². The van der Waals surface area contributed by atoms with Crippen LogP contribution in [0.2, 0.25) is 0 Å². The van der Waals surface area contributed by atoms with Gasteiger partial charge < -0.3 is 0 Å². The van der Waals surface area contributed by atoms with Gasteiger partial charge in [0.15, 0.2) is 0 Å². The Morgan fingerprint density at radius 1 is 0.727 bits per heavy atom. The smallest absolute Gasteiger partial charge is 0.0287 e. The molecular formula is C8H14S3. The molecule has 2 atom stereocenters. The molecule has 1 saturated carbocycles. The van der Waals surface area contributed by atoms with Gasteiger partial charge in [0.2, 0.25) is 0 Å². The molecule has 2 fully saturated rings. The number of fused-ring (bicyclic) bond motifs is 1. The molecule has 1 aliphatic carbocycles. The van der Waals surface area contributed by atoms with Gasteiger partial charge >= 0.3 is 0 Å². The first kappa shape index (κ1) is 8.64. The van der Waals surface area contributed by atoms with E-state index in [4.69, 9.17) is 0 Å². The molecule has 0 aromatic heterocycles. The quantitative estimate of drug-likeness (QED) is 0.547. The highest BCUT2D eigenvalue weighted by Crippen LogP contribution is 2.55. The maximum absolute atomic E-state index is 2.13. The Morgan fingerprint density at radius 3 is 1.82 bits per heavy atom. The Bertz CT molecular complexity index is 113. The molecule has 0 amide bonds. The molecule has 0 unspecified atom stereocenters. The van der Waals surface area contributed by atoms with Crippen LogP contribution >= 0.6 is 31.4 Å². The molecule has 2 aliphatic rings. The molecule has 0 aromatic rings. The summed E-state index contributed by atoms with van der Waals surface area (Å²) in [7, 11) is 6.29.